The molecular weight excluding hydrogens is 222 g/mol. The lowest BCUT2D eigenvalue weighted by atomic mass is 10.3. The average Bonchev–Trinajstić information content (AvgIpc) is 2.99. The van der Waals surface area contributed by atoms with Crippen molar-refractivity contribution in [2.75, 3.05) is 0 Å². The maximum absolute atomic E-state index is 6.18. The molecule has 3 rings (SSSR count). The fourth-order valence-corrected chi connectivity index (χ4v) is 2.21. The molecule has 2 aromatic rings. The van der Waals surface area contributed by atoms with Gasteiger partial charge in [0.2, 0.25) is 0 Å². The van der Waals surface area contributed by atoms with Crippen LogP contribution < -0.4 is 0 Å². The molecule has 0 aromatic carbocycles. The van der Waals surface area contributed by atoms with Gasteiger partial charge >= 0.3 is 0 Å². The molecule has 0 amide bonds. The van der Waals surface area contributed by atoms with Crippen LogP contribution in [0.25, 0.3) is 11.2 Å². The Hall–Kier alpha value is -1.09. The molecule has 1 saturated carbocycles. The molecule has 0 radical (unpaired) electrons. The molecule has 84 valence electrons. The zero-order chi connectivity index (χ0) is 11.3. The standard InChI is InChI=1S/C12H14ClN3/c1-7-3-6-10-12(14-7)16(9-4-5-9)11(15-10)8(2)13/h3,6,8-9H,4-5H2,1-2H3. The number of pyridine rings is 1. The van der Waals surface area contributed by atoms with E-state index in [0.29, 0.717) is 6.04 Å². The minimum Gasteiger partial charge on any atom is -0.308 e. The summed E-state index contributed by atoms with van der Waals surface area (Å²) in [4.78, 5) is 9.16. The predicted octanol–water partition coefficient (Wildman–Crippen LogP) is 3.37. The van der Waals surface area contributed by atoms with Crippen molar-refractivity contribution in [2.45, 2.75) is 38.1 Å². The van der Waals surface area contributed by atoms with Crippen LogP contribution >= 0.6 is 11.6 Å². The normalized spacial score (nSPS) is 17.9. The van der Waals surface area contributed by atoms with Crippen molar-refractivity contribution in [1.29, 1.82) is 0 Å². The third-order valence-electron chi connectivity index (χ3n) is 2.97. The van der Waals surface area contributed by atoms with Gasteiger partial charge in [0, 0.05) is 11.7 Å². The minimum absolute atomic E-state index is 0.0601. The Bertz CT molecular complexity index is 540. The topological polar surface area (TPSA) is 30.7 Å². The van der Waals surface area contributed by atoms with Crippen LogP contribution in [0.2, 0.25) is 0 Å². The molecule has 2 aromatic heterocycles. The van der Waals surface area contributed by atoms with E-state index in [1.165, 1.54) is 12.8 Å². The van der Waals surface area contributed by atoms with Crippen molar-refractivity contribution >= 4 is 22.8 Å². The summed E-state index contributed by atoms with van der Waals surface area (Å²) in [6.07, 6.45) is 2.44. The lowest BCUT2D eigenvalue weighted by Gasteiger charge is -2.07. The first-order valence-corrected chi connectivity index (χ1v) is 6.10. The zero-order valence-electron chi connectivity index (χ0n) is 9.44. The maximum atomic E-state index is 6.18. The van der Waals surface area contributed by atoms with E-state index in [1.807, 2.05) is 26.0 Å². The van der Waals surface area contributed by atoms with Gasteiger partial charge < -0.3 is 4.57 Å². The average molecular weight is 236 g/mol. The van der Waals surface area contributed by atoms with Crippen LogP contribution in [0.15, 0.2) is 12.1 Å². The van der Waals surface area contributed by atoms with E-state index in [4.69, 9.17) is 11.6 Å². The van der Waals surface area contributed by atoms with Gasteiger partial charge in [0.15, 0.2) is 5.65 Å². The highest BCUT2D eigenvalue weighted by Gasteiger charge is 2.30. The number of alkyl halides is 1. The van der Waals surface area contributed by atoms with Crippen LogP contribution in [0.4, 0.5) is 0 Å². The summed E-state index contributed by atoms with van der Waals surface area (Å²) < 4.78 is 2.22. The summed E-state index contributed by atoms with van der Waals surface area (Å²) in [6.45, 7) is 3.97. The molecule has 1 aliphatic rings. The van der Waals surface area contributed by atoms with Crippen molar-refractivity contribution < 1.29 is 0 Å². The Labute approximate surface area is 99.5 Å². The van der Waals surface area contributed by atoms with Crippen LogP contribution in [0, 0.1) is 6.92 Å². The number of aromatic nitrogens is 3. The van der Waals surface area contributed by atoms with Crippen LogP contribution in [-0.4, -0.2) is 14.5 Å². The predicted molar refractivity (Wildman–Crippen MR) is 64.8 cm³/mol. The molecule has 3 nitrogen and oxygen atoms in total. The number of imidazole rings is 1. The molecule has 0 saturated heterocycles. The van der Waals surface area contributed by atoms with Gasteiger partial charge in [0.05, 0.1) is 5.38 Å². The number of halogens is 1. The second kappa shape index (κ2) is 3.45. The summed E-state index contributed by atoms with van der Waals surface area (Å²) in [5.41, 5.74) is 2.98. The Morgan fingerprint density at radius 3 is 2.75 bits per heavy atom. The second-order valence-electron chi connectivity index (χ2n) is 4.48. The van der Waals surface area contributed by atoms with Gasteiger partial charge in [-0.05, 0) is 38.8 Å². The van der Waals surface area contributed by atoms with Gasteiger partial charge in [0.25, 0.3) is 0 Å². The van der Waals surface area contributed by atoms with E-state index in [1.54, 1.807) is 0 Å². The molecule has 16 heavy (non-hydrogen) atoms. The van der Waals surface area contributed by atoms with Crippen molar-refractivity contribution in [3.8, 4) is 0 Å². The number of hydrogen-bond donors (Lipinski definition) is 0. The number of aryl methyl sites for hydroxylation is 1. The maximum Gasteiger partial charge on any atom is 0.160 e. The first-order chi connectivity index (χ1) is 7.66. The third kappa shape index (κ3) is 1.50. The summed E-state index contributed by atoms with van der Waals surface area (Å²) in [6, 6.07) is 4.59. The lowest BCUT2D eigenvalue weighted by molar-refractivity contribution is 0.694. The summed E-state index contributed by atoms with van der Waals surface area (Å²) >= 11 is 6.18. The number of fused-ring (bicyclic) bond motifs is 1. The van der Waals surface area contributed by atoms with Crippen LogP contribution in [0.1, 0.15) is 42.7 Å². The molecule has 1 unspecified atom stereocenters. The molecule has 0 spiro atoms. The molecule has 0 aliphatic heterocycles. The third-order valence-corrected chi connectivity index (χ3v) is 3.17. The van der Waals surface area contributed by atoms with Gasteiger partial charge in [0.1, 0.15) is 11.3 Å². The summed E-state index contributed by atoms with van der Waals surface area (Å²) in [7, 11) is 0. The molecule has 1 atom stereocenters. The monoisotopic (exact) mass is 235 g/mol. The molecule has 0 N–H and O–H groups in total. The first kappa shape index (κ1) is 10.1. The van der Waals surface area contributed by atoms with Gasteiger partial charge in [-0.1, -0.05) is 0 Å². The van der Waals surface area contributed by atoms with Crippen molar-refractivity contribution in [3.63, 3.8) is 0 Å². The second-order valence-corrected chi connectivity index (χ2v) is 5.14. The van der Waals surface area contributed by atoms with Crippen LogP contribution in [0.3, 0.4) is 0 Å². The highest BCUT2D eigenvalue weighted by atomic mass is 35.5. The van der Waals surface area contributed by atoms with Gasteiger partial charge in [-0.15, -0.1) is 11.6 Å². The highest BCUT2D eigenvalue weighted by molar-refractivity contribution is 6.20. The fourth-order valence-electron chi connectivity index (χ4n) is 2.06. The van der Waals surface area contributed by atoms with Gasteiger partial charge in [-0.2, -0.15) is 0 Å². The van der Waals surface area contributed by atoms with Crippen molar-refractivity contribution in [3.05, 3.63) is 23.7 Å². The van der Waals surface area contributed by atoms with Gasteiger partial charge in [-0.25, -0.2) is 9.97 Å². The number of rotatable bonds is 2. The largest absolute Gasteiger partial charge is 0.308 e. The summed E-state index contributed by atoms with van der Waals surface area (Å²) in [5.74, 6) is 0.956. The van der Waals surface area contributed by atoms with Crippen LogP contribution in [0.5, 0.6) is 0 Å². The molecule has 4 heteroatoms. The van der Waals surface area contributed by atoms with E-state index in [-0.39, 0.29) is 5.38 Å². The Kier molecular flexibility index (Phi) is 2.18. The Balaban J connectivity index is 2.29. The molecule has 0 bridgehead atoms. The Morgan fingerprint density at radius 2 is 2.12 bits per heavy atom. The van der Waals surface area contributed by atoms with Crippen LogP contribution in [-0.2, 0) is 0 Å². The highest BCUT2D eigenvalue weighted by Crippen LogP contribution is 2.40. The quantitative estimate of drug-likeness (QED) is 0.748. The van der Waals surface area contributed by atoms with Gasteiger partial charge in [-0.3, -0.25) is 0 Å². The van der Waals surface area contributed by atoms with Crippen molar-refractivity contribution in [1.82, 2.24) is 14.5 Å². The first-order valence-electron chi connectivity index (χ1n) is 5.66. The minimum atomic E-state index is -0.0601. The van der Waals surface area contributed by atoms with E-state index in [9.17, 15) is 0 Å². The van der Waals surface area contributed by atoms with Crippen molar-refractivity contribution in [2.24, 2.45) is 0 Å². The molecule has 2 heterocycles. The van der Waals surface area contributed by atoms with E-state index in [0.717, 1.165) is 22.7 Å². The van der Waals surface area contributed by atoms with E-state index < -0.39 is 0 Å². The fraction of sp³-hybridized carbons (Fsp3) is 0.500. The lowest BCUT2D eigenvalue weighted by Crippen LogP contribution is -2.03. The zero-order valence-corrected chi connectivity index (χ0v) is 10.2. The molecular formula is C12H14ClN3. The SMILES string of the molecule is Cc1ccc2nc(C(C)Cl)n(C3CC3)c2n1. The van der Waals surface area contributed by atoms with E-state index >= 15 is 0 Å². The van der Waals surface area contributed by atoms with E-state index in [2.05, 4.69) is 14.5 Å². The number of hydrogen-bond acceptors (Lipinski definition) is 2. The Morgan fingerprint density at radius 1 is 1.38 bits per heavy atom. The smallest absolute Gasteiger partial charge is 0.160 e. The number of nitrogens with zero attached hydrogens (tertiary/aromatic N) is 3. The summed E-state index contributed by atoms with van der Waals surface area (Å²) in [5, 5.41) is -0.0601. The molecule has 1 aliphatic carbocycles. The molecule has 1 fully saturated rings.